The molecule has 0 bridgehead atoms. The number of esters is 1. The average molecular weight is 317 g/mol. The van der Waals surface area contributed by atoms with E-state index in [-0.39, 0.29) is 0 Å². The molecule has 0 spiro atoms. The fraction of sp³-hybridized carbons (Fsp3) is 0.0526. The number of hydrogen-bond acceptors (Lipinski definition) is 4. The third-order valence-corrected chi connectivity index (χ3v) is 3.08. The predicted molar refractivity (Wildman–Crippen MR) is 94.9 cm³/mol. The zero-order chi connectivity index (χ0) is 17.4. The minimum absolute atomic E-state index is 0.487. The summed E-state index contributed by atoms with van der Waals surface area (Å²) in [7, 11) is 0. The van der Waals surface area contributed by atoms with Gasteiger partial charge in [0.05, 0.1) is 19.0 Å². The van der Waals surface area contributed by atoms with Crippen LogP contribution in [0.2, 0.25) is 0 Å². The molecule has 0 saturated carbocycles. The Morgan fingerprint density at radius 2 is 1.75 bits per heavy atom. The minimum atomic E-state index is -0.492. The fourth-order valence-corrected chi connectivity index (χ4v) is 1.85. The van der Waals surface area contributed by atoms with Gasteiger partial charge in [-0.3, -0.25) is 0 Å². The quantitative estimate of drug-likeness (QED) is 0.208. The molecule has 0 N–H and O–H groups in total. The molecule has 0 saturated heterocycles. The minimum Gasteiger partial charge on any atom is -0.423 e. The smallest absolute Gasteiger partial charge is 0.335 e. The topological polar surface area (TPSA) is 55.4 Å². The van der Waals surface area contributed by atoms with Crippen LogP contribution in [0, 0.1) is 13.5 Å². The summed E-state index contributed by atoms with van der Waals surface area (Å²) in [5.41, 5.74) is 3.10. The molecule has 0 heterocycles. The molecule has 0 unspecified atom stereocenters. The zero-order valence-corrected chi connectivity index (χ0v) is 13.1. The Morgan fingerprint density at radius 3 is 2.33 bits per heavy atom. The highest BCUT2D eigenvalue weighted by Gasteiger charge is 2.03. The van der Waals surface area contributed by atoms with E-state index in [2.05, 4.69) is 21.6 Å². The van der Waals surface area contributed by atoms with Crippen molar-refractivity contribution in [2.45, 2.75) is 6.92 Å². The third-order valence-electron chi connectivity index (χ3n) is 3.08. The molecule has 2 aromatic rings. The van der Waals surface area contributed by atoms with Crippen LogP contribution in [0.4, 0.5) is 5.69 Å². The van der Waals surface area contributed by atoms with Crippen LogP contribution in [0.25, 0.3) is 4.85 Å². The summed E-state index contributed by atoms with van der Waals surface area (Å²) >= 11 is 0. The summed E-state index contributed by atoms with van der Waals surface area (Å²) in [6.07, 6.45) is 4.33. The van der Waals surface area contributed by atoms with Gasteiger partial charge in [0.1, 0.15) is 5.75 Å². The summed E-state index contributed by atoms with van der Waals surface area (Å²) in [5, 5.41) is 7.96. The van der Waals surface area contributed by atoms with Gasteiger partial charge in [-0.15, -0.1) is 0 Å². The van der Waals surface area contributed by atoms with E-state index >= 15 is 0 Å². The maximum atomic E-state index is 11.2. The number of rotatable bonds is 5. The van der Waals surface area contributed by atoms with Crippen LogP contribution >= 0.6 is 0 Å². The second-order valence-corrected chi connectivity index (χ2v) is 4.84. The highest BCUT2D eigenvalue weighted by atomic mass is 16.5. The van der Waals surface area contributed by atoms with Crippen LogP contribution in [0.15, 0.2) is 65.3 Å². The molecule has 0 amide bonds. The molecule has 0 aliphatic heterocycles. The first-order chi connectivity index (χ1) is 11.6. The van der Waals surface area contributed by atoms with Gasteiger partial charge in [-0.25, -0.2) is 9.64 Å². The number of nitrogens with zero attached hydrogens (tertiary/aromatic N) is 3. The number of carbonyl (C=O) groups is 1. The van der Waals surface area contributed by atoms with Crippen molar-refractivity contribution in [1.29, 1.82) is 0 Å². The summed E-state index contributed by atoms with van der Waals surface area (Å²) in [5.74, 6) is -0.00574. The lowest BCUT2D eigenvalue weighted by Crippen LogP contribution is -2.04. The lowest BCUT2D eigenvalue weighted by Gasteiger charge is -2.05. The molecule has 5 nitrogen and oxygen atoms in total. The summed E-state index contributed by atoms with van der Waals surface area (Å²) in [6, 6.07) is 12.4. The Labute approximate surface area is 140 Å². The zero-order valence-electron chi connectivity index (χ0n) is 13.1. The van der Waals surface area contributed by atoms with Crippen molar-refractivity contribution in [2.24, 2.45) is 10.2 Å². The number of benzene rings is 2. The van der Waals surface area contributed by atoms with Gasteiger partial charge in [0.2, 0.25) is 0 Å². The van der Waals surface area contributed by atoms with E-state index in [1.165, 1.54) is 0 Å². The van der Waals surface area contributed by atoms with E-state index in [1.54, 1.807) is 48.8 Å². The van der Waals surface area contributed by atoms with E-state index in [4.69, 9.17) is 11.3 Å². The van der Waals surface area contributed by atoms with E-state index in [9.17, 15) is 4.79 Å². The molecule has 0 fully saturated rings. The normalized spacial score (nSPS) is 10.7. The molecular formula is C19H15N3O2. The third kappa shape index (κ3) is 4.75. The molecule has 0 aliphatic carbocycles. The highest BCUT2D eigenvalue weighted by molar-refractivity contribution is 5.85. The Morgan fingerprint density at radius 1 is 1.12 bits per heavy atom. The lowest BCUT2D eigenvalue weighted by atomic mass is 10.1. The van der Waals surface area contributed by atoms with Crippen molar-refractivity contribution in [2.75, 3.05) is 0 Å². The van der Waals surface area contributed by atoms with Crippen molar-refractivity contribution >= 4 is 24.1 Å². The number of ether oxygens (including phenoxy) is 1. The van der Waals surface area contributed by atoms with Crippen molar-refractivity contribution in [3.63, 3.8) is 0 Å². The van der Waals surface area contributed by atoms with Gasteiger partial charge in [-0.1, -0.05) is 30.8 Å². The van der Waals surface area contributed by atoms with Gasteiger partial charge in [0.25, 0.3) is 0 Å². The van der Waals surface area contributed by atoms with Crippen LogP contribution in [0.3, 0.4) is 0 Å². The largest absolute Gasteiger partial charge is 0.423 e. The molecule has 118 valence electrons. The highest BCUT2D eigenvalue weighted by Crippen LogP contribution is 2.18. The van der Waals surface area contributed by atoms with Gasteiger partial charge < -0.3 is 4.74 Å². The molecule has 2 rings (SSSR count). The SMILES string of the molecule is [C-]#[N+]c1ccc(/C=N/N=C/c2ccc(OC(=O)C=C)c(C)c2)cc1. The maximum Gasteiger partial charge on any atom is 0.335 e. The molecule has 0 atom stereocenters. The predicted octanol–water partition coefficient (Wildman–Crippen LogP) is 4.09. The van der Waals surface area contributed by atoms with Crippen molar-refractivity contribution < 1.29 is 9.53 Å². The second-order valence-electron chi connectivity index (χ2n) is 4.84. The first-order valence-corrected chi connectivity index (χ1v) is 7.11. The molecule has 0 radical (unpaired) electrons. The molecule has 0 aliphatic rings. The Hall–Kier alpha value is -3.52. The Bertz CT molecular complexity index is 844. The fourth-order valence-electron chi connectivity index (χ4n) is 1.85. The Balaban J connectivity index is 2.02. The van der Waals surface area contributed by atoms with Crippen molar-refractivity contribution in [3.05, 3.63) is 83.2 Å². The first kappa shape index (κ1) is 16.8. The summed E-state index contributed by atoms with van der Waals surface area (Å²) in [6.45, 7) is 12.1. The molecule has 2 aromatic carbocycles. The van der Waals surface area contributed by atoms with Gasteiger partial charge >= 0.3 is 5.97 Å². The Kier molecular flexibility index (Phi) is 5.76. The van der Waals surface area contributed by atoms with Crippen molar-refractivity contribution in [3.8, 4) is 5.75 Å². The maximum absolute atomic E-state index is 11.2. The summed E-state index contributed by atoms with van der Waals surface area (Å²) < 4.78 is 5.10. The molecule has 24 heavy (non-hydrogen) atoms. The van der Waals surface area contributed by atoms with E-state index in [1.807, 2.05) is 13.0 Å². The van der Waals surface area contributed by atoms with Gasteiger partial charge in [-0.05, 0) is 41.8 Å². The van der Waals surface area contributed by atoms with Crippen LogP contribution in [0.5, 0.6) is 5.75 Å². The van der Waals surface area contributed by atoms with Crippen LogP contribution in [-0.4, -0.2) is 18.4 Å². The first-order valence-electron chi connectivity index (χ1n) is 7.11. The van der Waals surface area contributed by atoms with E-state index in [0.717, 1.165) is 22.8 Å². The van der Waals surface area contributed by atoms with Crippen LogP contribution in [-0.2, 0) is 4.79 Å². The molecule has 5 heteroatoms. The number of hydrogen-bond donors (Lipinski definition) is 0. The van der Waals surface area contributed by atoms with E-state index < -0.39 is 5.97 Å². The van der Waals surface area contributed by atoms with Gasteiger partial charge in [0, 0.05) is 6.08 Å². The summed E-state index contributed by atoms with van der Waals surface area (Å²) in [4.78, 5) is 14.5. The lowest BCUT2D eigenvalue weighted by molar-refractivity contribution is -0.129. The monoisotopic (exact) mass is 317 g/mol. The van der Waals surface area contributed by atoms with E-state index in [0.29, 0.717) is 11.4 Å². The van der Waals surface area contributed by atoms with Gasteiger partial charge in [-0.2, -0.15) is 10.2 Å². The average Bonchev–Trinajstić information content (AvgIpc) is 2.61. The van der Waals surface area contributed by atoms with Crippen molar-refractivity contribution in [1.82, 2.24) is 0 Å². The van der Waals surface area contributed by atoms with Gasteiger partial charge in [0.15, 0.2) is 5.69 Å². The number of carbonyl (C=O) groups excluding carboxylic acids is 1. The number of aryl methyl sites for hydroxylation is 1. The standard InChI is InChI=1S/C19H15N3O2/c1-4-19(23)24-18-10-7-16(11-14(18)2)13-22-21-12-15-5-8-17(20-3)9-6-15/h4-13H,1H2,2H3/b21-12+,22-13+. The molecule has 0 aromatic heterocycles. The van der Waals surface area contributed by atoms with Crippen LogP contribution < -0.4 is 4.74 Å². The second kappa shape index (κ2) is 8.20. The molecular weight excluding hydrogens is 302 g/mol. The van der Waals surface area contributed by atoms with Crippen LogP contribution in [0.1, 0.15) is 16.7 Å².